The molecule has 4 nitrogen and oxygen atoms in total. The molecule has 1 saturated carbocycles. The fourth-order valence-electron chi connectivity index (χ4n) is 1.73. The molecule has 1 aliphatic carbocycles. The highest BCUT2D eigenvalue weighted by atomic mass is 16.6. The van der Waals surface area contributed by atoms with Crippen molar-refractivity contribution < 1.29 is 14.7 Å². The maximum atomic E-state index is 10.8. The van der Waals surface area contributed by atoms with Crippen LogP contribution in [-0.4, -0.2) is 23.9 Å². The van der Waals surface area contributed by atoms with E-state index in [1.165, 1.54) is 0 Å². The lowest BCUT2D eigenvalue weighted by Gasteiger charge is -2.01. The number of carboxylic acid groups (broad SMARTS) is 1. The summed E-state index contributed by atoms with van der Waals surface area (Å²) in [5.74, 6) is -0.629. The van der Waals surface area contributed by atoms with E-state index in [9.17, 15) is 4.79 Å². The molecule has 1 fully saturated rings. The number of carbonyl (C=O) groups is 1. The van der Waals surface area contributed by atoms with E-state index >= 15 is 0 Å². The second-order valence-corrected chi connectivity index (χ2v) is 5.11. The average molecular weight is 213 g/mol. The van der Waals surface area contributed by atoms with Gasteiger partial charge in [-0.3, -0.25) is 4.79 Å². The maximum absolute atomic E-state index is 10.8. The molecule has 2 atom stereocenters. The van der Waals surface area contributed by atoms with Crippen LogP contribution in [0.4, 0.5) is 0 Å². The minimum Gasteiger partial charge on any atom is -0.481 e. The summed E-state index contributed by atoms with van der Waals surface area (Å²) in [4.78, 5) is 15.9. The third-order valence-electron chi connectivity index (χ3n) is 2.88. The molecule has 0 amide bonds. The van der Waals surface area contributed by atoms with Crippen LogP contribution in [0.5, 0.6) is 0 Å². The number of hydrogen-bond acceptors (Lipinski definition) is 3. The second kappa shape index (κ2) is 4.21. The van der Waals surface area contributed by atoms with Gasteiger partial charge in [-0.15, -0.1) is 0 Å². The molecule has 1 N–H and O–H groups in total. The molecule has 0 saturated heterocycles. The van der Waals surface area contributed by atoms with Gasteiger partial charge in [-0.1, -0.05) is 32.9 Å². The fourth-order valence-corrected chi connectivity index (χ4v) is 1.73. The fraction of sp³-hybridized carbons (Fsp3) is 0.818. The summed E-state index contributed by atoms with van der Waals surface area (Å²) in [5.41, 5.74) is -0.184. The monoisotopic (exact) mass is 213 g/mol. The Hall–Kier alpha value is -1.06. The summed E-state index contributed by atoms with van der Waals surface area (Å²) in [5, 5.41) is 12.7. The first kappa shape index (κ1) is 12.0. The van der Waals surface area contributed by atoms with Crippen molar-refractivity contribution in [1.29, 1.82) is 0 Å². The van der Waals surface area contributed by atoms with E-state index in [-0.39, 0.29) is 17.3 Å². The van der Waals surface area contributed by atoms with Crippen molar-refractivity contribution in [3.63, 3.8) is 0 Å². The largest absolute Gasteiger partial charge is 0.481 e. The van der Waals surface area contributed by atoms with Crippen LogP contribution in [-0.2, 0) is 9.63 Å². The van der Waals surface area contributed by atoms with E-state index in [0.29, 0.717) is 12.5 Å². The molecule has 0 heterocycles. The Morgan fingerprint density at radius 3 is 2.60 bits per heavy atom. The van der Waals surface area contributed by atoms with Gasteiger partial charge in [0.05, 0.1) is 5.92 Å². The number of aliphatic carboxylic acids is 1. The van der Waals surface area contributed by atoms with E-state index in [4.69, 9.17) is 9.94 Å². The Bertz CT molecular complexity index is 271. The molecule has 0 aliphatic heterocycles. The summed E-state index contributed by atoms with van der Waals surface area (Å²) in [6.45, 7) is 8.52. The topological polar surface area (TPSA) is 58.9 Å². The summed E-state index contributed by atoms with van der Waals surface area (Å²) in [6, 6.07) is 0. The number of rotatable bonds is 5. The number of oxime groups is 1. The van der Waals surface area contributed by atoms with Gasteiger partial charge in [-0.05, 0) is 11.3 Å². The van der Waals surface area contributed by atoms with Gasteiger partial charge in [0.1, 0.15) is 6.61 Å². The van der Waals surface area contributed by atoms with E-state index in [1.807, 2.05) is 27.7 Å². The van der Waals surface area contributed by atoms with Gasteiger partial charge in [-0.2, -0.15) is 0 Å². The summed E-state index contributed by atoms with van der Waals surface area (Å²) < 4.78 is 0. The van der Waals surface area contributed by atoms with E-state index in [2.05, 4.69) is 5.16 Å². The molecule has 0 bridgehead atoms. The zero-order valence-corrected chi connectivity index (χ0v) is 9.73. The normalized spacial score (nSPS) is 28.3. The highest BCUT2D eigenvalue weighted by Gasteiger charge is 2.61. The first-order chi connectivity index (χ1) is 6.87. The quantitative estimate of drug-likeness (QED) is 0.561. The lowest BCUT2D eigenvalue weighted by atomic mass is 10.1. The second-order valence-electron chi connectivity index (χ2n) is 5.11. The smallest absolute Gasteiger partial charge is 0.307 e. The molecule has 1 unspecified atom stereocenters. The molecule has 0 aromatic heterocycles. The van der Waals surface area contributed by atoms with Crippen molar-refractivity contribution in [3.8, 4) is 0 Å². The molecule has 1 rings (SSSR count). The van der Waals surface area contributed by atoms with E-state index in [1.54, 1.807) is 6.21 Å². The van der Waals surface area contributed by atoms with Crippen molar-refractivity contribution in [2.75, 3.05) is 6.61 Å². The van der Waals surface area contributed by atoms with Gasteiger partial charge in [-0.25, -0.2) is 0 Å². The molecule has 4 heteroatoms. The lowest BCUT2D eigenvalue weighted by Crippen LogP contribution is -2.03. The zero-order valence-electron chi connectivity index (χ0n) is 9.73. The van der Waals surface area contributed by atoms with Crippen molar-refractivity contribution in [2.24, 2.45) is 28.3 Å². The molecule has 0 radical (unpaired) electrons. The van der Waals surface area contributed by atoms with Gasteiger partial charge in [0.25, 0.3) is 0 Å². The van der Waals surface area contributed by atoms with Gasteiger partial charge < -0.3 is 9.94 Å². The van der Waals surface area contributed by atoms with Crippen LogP contribution in [0, 0.1) is 23.2 Å². The predicted molar refractivity (Wildman–Crippen MR) is 57.7 cm³/mol. The van der Waals surface area contributed by atoms with Gasteiger partial charge in [0, 0.05) is 12.1 Å². The highest BCUT2D eigenvalue weighted by molar-refractivity contribution is 5.84. The molecule has 0 spiro atoms. The van der Waals surface area contributed by atoms with Crippen LogP contribution < -0.4 is 0 Å². The van der Waals surface area contributed by atoms with Gasteiger partial charge in [0.15, 0.2) is 0 Å². The maximum Gasteiger partial charge on any atom is 0.307 e. The highest BCUT2D eigenvalue weighted by Crippen LogP contribution is 2.57. The Morgan fingerprint density at radius 2 is 2.20 bits per heavy atom. The van der Waals surface area contributed by atoms with Crippen molar-refractivity contribution in [1.82, 2.24) is 0 Å². The SMILES string of the molecule is CC(C)CO/N=C\C1[C@@H](C(=O)O)C1(C)C. The Labute approximate surface area is 90.3 Å². The van der Waals surface area contributed by atoms with Gasteiger partial charge in [0.2, 0.25) is 0 Å². The average Bonchev–Trinajstić information content (AvgIpc) is 2.62. The molecular weight excluding hydrogens is 194 g/mol. The zero-order chi connectivity index (χ0) is 11.6. The van der Waals surface area contributed by atoms with Crippen LogP contribution in [0.3, 0.4) is 0 Å². The standard InChI is InChI=1S/C11H19NO3/c1-7(2)6-15-12-5-8-9(10(13)14)11(8,3)4/h5,7-9H,6H2,1-4H3,(H,13,14)/b12-5-/t8?,9-/m0/s1. The molecule has 0 aromatic rings. The molecule has 15 heavy (non-hydrogen) atoms. The molecule has 86 valence electrons. The Balaban J connectivity index is 2.38. The van der Waals surface area contributed by atoms with Crippen LogP contribution in [0.1, 0.15) is 27.7 Å². The lowest BCUT2D eigenvalue weighted by molar-refractivity contribution is -0.139. The van der Waals surface area contributed by atoms with Crippen LogP contribution >= 0.6 is 0 Å². The van der Waals surface area contributed by atoms with Crippen LogP contribution in [0.25, 0.3) is 0 Å². The van der Waals surface area contributed by atoms with E-state index < -0.39 is 5.97 Å². The number of nitrogens with zero attached hydrogens (tertiary/aromatic N) is 1. The summed E-state index contributed by atoms with van der Waals surface area (Å²) in [6.07, 6.45) is 1.63. The Morgan fingerprint density at radius 1 is 1.60 bits per heavy atom. The van der Waals surface area contributed by atoms with E-state index in [0.717, 1.165) is 0 Å². The molecule has 0 aromatic carbocycles. The summed E-state index contributed by atoms with van der Waals surface area (Å²) >= 11 is 0. The van der Waals surface area contributed by atoms with Crippen LogP contribution in [0.15, 0.2) is 5.16 Å². The van der Waals surface area contributed by atoms with Crippen molar-refractivity contribution in [3.05, 3.63) is 0 Å². The van der Waals surface area contributed by atoms with Crippen LogP contribution in [0.2, 0.25) is 0 Å². The first-order valence-electron chi connectivity index (χ1n) is 5.25. The number of carboxylic acids is 1. The Kier molecular flexibility index (Phi) is 3.37. The predicted octanol–water partition coefficient (Wildman–Crippen LogP) is 2.00. The third-order valence-corrected chi connectivity index (χ3v) is 2.88. The van der Waals surface area contributed by atoms with Crippen molar-refractivity contribution in [2.45, 2.75) is 27.7 Å². The number of hydrogen-bond donors (Lipinski definition) is 1. The van der Waals surface area contributed by atoms with Gasteiger partial charge >= 0.3 is 5.97 Å². The molecule has 1 aliphatic rings. The van der Waals surface area contributed by atoms with Crippen molar-refractivity contribution >= 4 is 12.2 Å². The summed E-state index contributed by atoms with van der Waals surface area (Å²) in [7, 11) is 0. The first-order valence-corrected chi connectivity index (χ1v) is 5.25. The minimum absolute atomic E-state index is 0.00200. The minimum atomic E-state index is -0.750. The third kappa shape index (κ3) is 2.70. The molecular formula is C11H19NO3.